The molecule has 204 valence electrons. The molecule has 0 unspecified atom stereocenters. The number of pyridine rings is 1. The van der Waals surface area contributed by atoms with Crippen LogP contribution in [0.4, 0.5) is 32.3 Å². The molecule has 2 aliphatic heterocycles. The van der Waals surface area contributed by atoms with Gasteiger partial charge in [-0.05, 0) is 48.9 Å². The predicted molar refractivity (Wildman–Crippen MR) is 117 cm³/mol. The Morgan fingerprint density at radius 3 is 1.84 bits per heavy atom. The van der Waals surface area contributed by atoms with E-state index in [0.29, 0.717) is 5.41 Å². The summed E-state index contributed by atoms with van der Waals surface area (Å²) in [6, 6.07) is 6.08. The van der Waals surface area contributed by atoms with Crippen molar-refractivity contribution in [3.63, 3.8) is 0 Å². The summed E-state index contributed by atoms with van der Waals surface area (Å²) in [4.78, 5) is 35.7. The molecule has 0 aromatic carbocycles. The van der Waals surface area contributed by atoms with E-state index < -0.39 is 24.3 Å². The van der Waals surface area contributed by atoms with Crippen LogP contribution >= 0.6 is 0 Å². The van der Waals surface area contributed by atoms with E-state index in [9.17, 15) is 26.3 Å². The second kappa shape index (κ2) is 12.7. The molecular formula is C22H25F6N5O4. The summed E-state index contributed by atoms with van der Waals surface area (Å²) in [5.41, 5.74) is 1.81. The van der Waals surface area contributed by atoms with Crippen molar-refractivity contribution in [1.29, 1.82) is 0 Å². The van der Waals surface area contributed by atoms with Gasteiger partial charge in [-0.15, -0.1) is 0 Å². The quantitative estimate of drug-likeness (QED) is 0.566. The first kappa shape index (κ1) is 29.7. The van der Waals surface area contributed by atoms with Gasteiger partial charge in [0.2, 0.25) is 5.95 Å². The average molecular weight is 537 g/mol. The third kappa shape index (κ3) is 9.82. The lowest BCUT2D eigenvalue weighted by atomic mass is 9.78. The standard InChI is InChI=1S/C18H23N5.2C2HF3O2/c1-3-16(13-19-7-1)14-22-10-4-18(15-22)5-11-23(12-6-18)17-20-8-2-9-21-17;2*3-2(4,5)1(6)7/h1-3,7-9,13H,4-6,10-12,14-15H2;2*(H,6,7). The van der Waals surface area contributed by atoms with Gasteiger partial charge in [0, 0.05) is 51.0 Å². The fraction of sp³-hybridized carbons (Fsp3) is 0.500. The largest absolute Gasteiger partial charge is 0.490 e. The summed E-state index contributed by atoms with van der Waals surface area (Å²) in [5.74, 6) is -4.63. The van der Waals surface area contributed by atoms with Crippen LogP contribution in [0.3, 0.4) is 0 Å². The van der Waals surface area contributed by atoms with Crippen LogP contribution in [0.1, 0.15) is 24.8 Å². The highest BCUT2D eigenvalue weighted by molar-refractivity contribution is 5.73. The third-order valence-electron chi connectivity index (χ3n) is 5.79. The molecule has 2 aliphatic rings. The van der Waals surface area contributed by atoms with Crippen molar-refractivity contribution >= 4 is 17.9 Å². The number of alkyl halides is 6. The molecule has 2 aromatic rings. The van der Waals surface area contributed by atoms with Crippen LogP contribution in [0.2, 0.25) is 0 Å². The van der Waals surface area contributed by atoms with Gasteiger partial charge in [0.15, 0.2) is 0 Å². The topological polar surface area (TPSA) is 120 Å². The SMILES string of the molecule is O=C(O)C(F)(F)F.O=C(O)C(F)(F)F.c1cnc(N2CCC3(CCN(Cc4cccnc4)C3)CC2)nc1. The lowest BCUT2D eigenvalue weighted by Crippen LogP contribution is -2.42. The Kier molecular flexibility index (Phi) is 10.2. The molecule has 4 heterocycles. The minimum atomic E-state index is -5.08. The molecule has 4 rings (SSSR count). The number of piperidine rings is 1. The fourth-order valence-corrected chi connectivity index (χ4v) is 3.96. The number of hydrogen-bond donors (Lipinski definition) is 2. The van der Waals surface area contributed by atoms with Gasteiger partial charge < -0.3 is 15.1 Å². The molecule has 2 fully saturated rings. The Morgan fingerprint density at radius 1 is 0.865 bits per heavy atom. The molecule has 0 amide bonds. The van der Waals surface area contributed by atoms with Crippen LogP contribution < -0.4 is 4.90 Å². The monoisotopic (exact) mass is 537 g/mol. The van der Waals surface area contributed by atoms with Crippen molar-refractivity contribution in [1.82, 2.24) is 19.9 Å². The van der Waals surface area contributed by atoms with Crippen LogP contribution in [0.5, 0.6) is 0 Å². The van der Waals surface area contributed by atoms with Gasteiger partial charge in [0.1, 0.15) is 0 Å². The van der Waals surface area contributed by atoms with Gasteiger partial charge in [-0.2, -0.15) is 26.3 Å². The van der Waals surface area contributed by atoms with Crippen LogP contribution in [0.15, 0.2) is 43.0 Å². The van der Waals surface area contributed by atoms with Gasteiger partial charge >= 0.3 is 24.3 Å². The van der Waals surface area contributed by atoms with Gasteiger partial charge in [0.05, 0.1) is 0 Å². The molecule has 9 nitrogen and oxygen atoms in total. The molecule has 0 aliphatic carbocycles. The maximum atomic E-state index is 10.6. The summed E-state index contributed by atoms with van der Waals surface area (Å²) >= 11 is 0. The fourth-order valence-electron chi connectivity index (χ4n) is 3.96. The van der Waals surface area contributed by atoms with Crippen LogP contribution in [-0.2, 0) is 16.1 Å². The van der Waals surface area contributed by atoms with Crippen molar-refractivity contribution < 1.29 is 46.1 Å². The van der Waals surface area contributed by atoms with Crippen molar-refractivity contribution in [3.05, 3.63) is 48.5 Å². The maximum Gasteiger partial charge on any atom is 0.490 e. The molecular weight excluding hydrogens is 512 g/mol. The van der Waals surface area contributed by atoms with Gasteiger partial charge in [0.25, 0.3) is 0 Å². The number of aromatic nitrogens is 3. The Labute approximate surface area is 207 Å². The first-order valence-electron chi connectivity index (χ1n) is 11.0. The van der Waals surface area contributed by atoms with E-state index in [-0.39, 0.29) is 0 Å². The average Bonchev–Trinajstić information content (AvgIpc) is 3.22. The molecule has 1 spiro atoms. The lowest BCUT2D eigenvalue weighted by molar-refractivity contribution is -0.193. The predicted octanol–water partition coefficient (Wildman–Crippen LogP) is 3.63. The van der Waals surface area contributed by atoms with E-state index in [2.05, 4.69) is 30.8 Å². The van der Waals surface area contributed by atoms with Gasteiger partial charge in [-0.25, -0.2) is 19.6 Å². The zero-order chi connectivity index (χ0) is 27.7. The van der Waals surface area contributed by atoms with E-state index >= 15 is 0 Å². The molecule has 0 atom stereocenters. The normalized spacial score (nSPS) is 17.3. The number of halogens is 6. The summed E-state index contributed by atoms with van der Waals surface area (Å²) in [5, 5.41) is 14.2. The molecule has 2 N–H and O–H groups in total. The zero-order valence-corrected chi connectivity index (χ0v) is 19.4. The number of carboxylic acid groups (broad SMARTS) is 2. The number of carboxylic acids is 2. The highest BCUT2D eigenvalue weighted by Gasteiger charge is 2.41. The molecule has 2 saturated heterocycles. The number of carbonyl (C=O) groups is 2. The van der Waals surface area contributed by atoms with Crippen LogP contribution in [0.25, 0.3) is 0 Å². The number of anilines is 1. The number of nitrogens with zero attached hydrogens (tertiary/aromatic N) is 5. The first-order valence-corrected chi connectivity index (χ1v) is 11.0. The van der Waals surface area contributed by atoms with Crippen molar-refractivity contribution in [2.75, 3.05) is 31.1 Å². The molecule has 0 bridgehead atoms. The van der Waals surface area contributed by atoms with Gasteiger partial charge in [-0.1, -0.05) is 6.07 Å². The number of likely N-dealkylation sites (tertiary alicyclic amines) is 1. The Bertz CT molecular complexity index is 976. The lowest BCUT2D eigenvalue weighted by Gasteiger charge is -2.39. The highest BCUT2D eigenvalue weighted by atomic mass is 19.4. The van der Waals surface area contributed by atoms with Gasteiger partial charge in [-0.3, -0.25) is 9.88 Å². The highest BCUT2D eigenvalue weighted by Crippen LogP contribution is 2.41. The Morgan fingerprint density at radius 2 is 1.38 bits per heavy atom. The first-order chi connectivity index (χ1) is 17.2. The maximum absolute atomic E-state index is 10.6. The number of rotatable bonds is 3. The Balaban J connectivity index is 0.000000286. The Hall–Kier alpha value is -3.49. The van der Waals surface area contributed by atoms with Crippen molar-refractivity contribution in [2.45, 2.75) is 38.2 Å². The smallest absolute Gasteiger partial charge is 0.475 e. The summed E-state index contributed by atoms with van der Waals surface area (Å²) in [7, 11) is 0. The molecule has 37 heavy (non-hydrogen) atoms. The number of aliphatic carboxylic acids is 2. The summed E-state index contributed by atoms with van der Waals surface area (Å²) < 4.78 is 63.5. The molecule has 0 saturated carbocycles. The minimum Gasteiger partial charge on any atom is -0.475 e. The minimum absolute atomic E-state index is 0.494. The molecule has 15 heteroatoms. The number of hydrogen-bond acceptors (Lipinski definition) is 7. The van der Waals surface area contributed by atoms with E-state index in [4.69, 9.17) is 19.8 Å². The third-order valence-corrected chi connectivity index (χ3v) is 5.79. The summed E-state index contributed by atoms with van der Waals surface area (Å²) in [6.45, 7) is 5.60. The molecule has 0 radical (unpaired) electrons. The van der Waals surface area contributed by atoms with Crippen molar-refractivity contribution in [3.8, 4) is 0 Å². The van der Waals surface area contributed by atoms with E-state index in [1.165, 1.54) is 37.9 Å². The summed E-state index contributed by atoms with van der Waals surface area (Å²) in [6.07, 6.45) is 1.13. The van der Waals surface area contributed by atoms with E-state index in [0.717, 1.165) is 25.6 Å². The van der Waals surface area contributed by atoms with Crippen LogP contribution in [-0.4, -0.2) is 80.5 Å². The van der Waals surface area contributed by atoms with E-state index in [1.54, 1.807) is 0 Å². The van der Waals surface area contributed by atoms with Crippen molar-refractivity contribution in [2.24, 2.45) is 5.41 Å². The molecule has 2 aromatic heterocycles. The zero-order valence-electron chi connectivity index (χ0n) is 19.4. The van der Waals surface area contributed by atoms with E-state index in [1.807, 2.05) is 36.9 Å². The second-order valence-corrected chi connectivity index (χ2v) is 8.46. The second-order valence-electron chi connectivity index (χ2n) is 8.46. The van der Waals surface area contributed by atoms with Crippen LogP contribution in [0, 0.1) is 5.41 Å².